The first-order valence-electron chi connectivity index (χ1n) is 7.24. The van der Waals surface area contributed by atoms with Gasteiger partial charge in [-0.05, 0) is 31.5 Å². The number of rotatable bonds is 6. The number of aryl methyl sites for hydroxylation is 1. The smallest absolute Gasteiger partial charge is 0.0489 e. The van der Waals surface area contributed by atoms with Crippen LogP contribution in [0.25, 0.3) is 0 Å². The molecule has 1 aromatic heterocycles. The Kier molecular flexibility index (Phi) is 5.13. The van der Waals surface area contributed by atoms with Gasteiger partial charge in [-0.3, -0.25) is 4.98 Å². The Labute approximate surface area is 121 Å². The molecule has 20 heavy (non-hydrogen) atoms. The zero-order valence-electron chi connectivity index (χ0n) is 12.3. The highest BCUT2D eigenvalue weighted by molar-refractivity contribution is 5.66. The van der Waals surface area contributed by atoms with Crippen LogP contribution in [0.15, 0.2) is 42.6 Å². The first kappa shape index (κ1) is 14.5. The van der Waals surface area contributed by atoms with E-state index in [1.807, 2.05) is 19.2 Å². The third-order valence-electron chi connectivity index (χ3n) is 3.41. The van der Waals surface area contributed by atoms with Crippen molar-refractivity contribution >= 4 is 11.4 Å². The fourth-order valence-electron chi connectivity index (χ4n) is 2.30. The van der Waals surface area contributed by atoms with Crippen molar-refractivity contribution in [1.29, 1.82) is 0 Å². The van der Waals surface area contributed by atoms with Crippen LogP contribution in [0.4, 0.5) is 11.4 Å². The number of nitrogens with two attached hydrogens (primary N) is 1. The van der Waals surface area contributed by atoms with Crippen LogP contribution in [0.3, 0.4) is 0 Å². The zero-order chi connectivity index (χ0) is 14.4. The molecule has 1 heterocycles. The van der Waals surface area contributed by atoms with E-state index in [2.05, 4.69) is 47.1 Å². The molecule has 0 aliphatic heterocycles. The molecule has 0 atom stereocenters. The van der Waals surface area contributed by atoms with Gasteiger partial charge in [-0.2, -0.15) is 0 Å². The molecule has 0 radical (unpaired) electrons. The van der Waals surface area contributed by atoms with Gasteiger partial charge in [-0.1, -0.05) is 31.5 Å². The summed E-state index contributed by atoms with van der Waals surface area (Å²) < 4.78 is 0. The van der Waals surface area contributed by atoms with Crippen LogP contribution in [-0.2, 0) is 6.54 Å². The first-order chi connectivity index (χ1) is 9.76. The zero-order valence-corrected chi connectivity index (χ0v) is 12.3. The van der Waals surface area contributed by atoms with Gasteiger partial charge in [-0.15, -0.1) is 0 Å². The van der Waals surface area contributed by atoms with Crippen molar-refractivity contribution < 1.29 is 0 Å². The number of nitrogens with zero attached hydrogens (tertiary/aromatic N) is 2. The molecular weight excluding hydrogens is 246 g/mol. The molecule has 0 aliphatic carbocycles. The van der Waals surface area contributed by atoms with Crippen LogP contribution in [0.5, 0.6) is 0 Å². The van der Waals surface area contributed by atoms with Crippen molar-refractivity contribution in [3.63, 3.8) is 0 Å². The van der Waals surface area contributed by atoms with Crippen LogP contribution < -0.4 is 10.6 Å². The van der Waals surface area contributed by atoms with Gasteiger partial charge < -0.3 is 10.6 Å². The Hall–Kier alpha value is -1.87. The Bertz CT molecular complexity index is 537. The molecule has 0 unspecified atom stereocenters. The predicted molar refractivity (Wildman–Crippen MR) is 85.2 cm³/mol. The molecular formula is C17H23N3. The van der Waals surface area contributed by atoms with Crippen LogP contribution >= 0.6 is 0 Å². The summed E-state index contributed by atoms with van der Waals surface area (Å²) in [6.07, 6.45) is 4.22. The molecule has 2 aromatic rings. The summed E-state index contributed by atoms with van der Waals surface area (Å²) in [5.41, 5.74) is 10.4. The maximum Gasteiger partial charge on any atom is 0.0489 e. The third kappa shape index (κ3) is 3.36. The average molecular weight is 269 g/mol. The number of hydrogen-bond acceptors (Lipinski definition) is 3. The molecule has 2 rings (SSSR count). The van der Waals surface area contributed by atoms with Crippen molar-refractivity contribution in [2.75, 3.05) is 11.4 Å². The number of anilines is 2. The van der Waals surface area contributed by atoms with Crippen molar-refractivity contribution in [3.8, 4) is 0 Å². The maximum atomic E-state index is 5.88. The van der Waals surface area contributed by atoms with Gasteiger partial charge in [0, 0.05) is 41.9 Å². The van der Waals surface area contributed by atoms with Crippen LogP contribution in [0.2, 0.25) is 0 Å². The molecule has 0 saturated heterocycles. The van der Waals surface area contributed by atoms with Crippen molar-refractivity contribution in [3.05, 3.63) is 53.9 Å². The summed E-state index contributed by atoms with van der Waals surface area (Å²) in [5.74, 6) is 0. The van der Waals surface area contributed by atoms with Crippen LogP contribution in [0.1, 0.15) is 31.0 Å². The monoisotopic (exact) mass is 269 g/mol. The maximum absolute atomic E-state index is 5.88. The van der Waals surface area contributed by atoms with Crippen molar-refractivity contribution in [1.82, 2.24) is 4.98 Å². The second kappa shape index (κ2) is 7.06. The Morgan fingerprint density at radius 1 is 1.20 bits per heavy atom. The fraction of sp³-hybridized carbons (Fsp3) is 0.353. The normalized spacial score (nSPS) is 10.6. The van der Waals surface area contributed by atoms with Crippen LogP contribution in [-0.4, -0.2) is 11.5 Å². The lowest BCUT2D eigenvalue weighted by molar-refractivity contribution is 0.781. The van der Waals surface area contributed by atoms with Gasteiger partial charge in [0.15, 0.2) is 0 Å². The Morgan fingerprint density at radius 3 is 2.60 bits per heavy atom. The van der Waals surface area contributed by atoms with Crippen molar-refractivity contribution in [2.45, 2.75) is 33.2 Å². The molecule has 3 nitrogen and oxygen atoms in total. The minimum atomic E-state index is 0.512. The van der Waals surface area contributed by atoms with Gasteiger partial charge in [0.2, 0.25) is 0 Å². The minimum absolute atomic E-state index is 0.512. The highest BCUT2D eigenvalue weighted by Gasteiger charge is 2.13. The van der Waals surface area contributed by atoms with Crippen LogP contribution in [0, 0.1) is 6.92 Å². The fourth-order valence-corrected chi connectivity index (χ4v) is 2.30. The quantitative estimate of drug-likeness (QED) is 0.867. The lowest BCUT2D eigenvalue weighted by Gasteiger charge is -2.27. The van der Waals surface area contributed by atoms with E-state index in [-0.39, 0.29) is 0 Å². The van der Waals surface area contributed by atoms with Gasteiger partial charge >= 0.3 is 0 Å². The van der Waals surface area contributed by atoms with Gasteiger partial charge in [0.1, 0.15) is 0 Å². The molecule has 1 aromatic carbocycles. The average Bonchev–Trinajstić information content (AvgIpc) is 2.49. The summed E-state index contributed by atoms with van der Waals surface area (Å²) in [5, 5.41) is 0. The number of unbranched alkanes of at least 4 members (excludes halogenated alkanes) is 1. The molecule has 0 bridgehead atoms. The van der Waals surface area contributed by atoms with E-state index >= 15 is 0 Å². The van der Waals surface area contributed by atoms with E-state index in [0.29, 0.717) is 6.54 Å². The van der Waals surface area contributed by atoms with E-state index in [0.717, 1.165) is 24.2 Å². The molecule has 2 N–H and O–H groups in total. The first-order valence-corrected chi connectivity index (χ1v) is 7.24. The molecule has 106 valence electrons. The summed E-state index contributed by atoms with van der Waals surface area (Å²) in [7, 11) is 0. The minimum Gasteiger partial charge on any atom is -0.341 e. The number of aromatic nitrogens is 1. The third-order valence-corrected chi connectivity index (χ3v) is 3.41. The Balaban J connectivity index is 2.43. The van der Waals surface area contributed by atoms with E-state index in [1.54, 1.807) is 0 Å². The summed E-state index contributed by atoms with van der Waals surface area (Å²) in [6, 6.07) is 12.6. The predicted octanol–water partition coefficient (Wildman–Crippen LogP) is 3.79. The Morgan fingerprint density at radius 2 is 1.95 bits per heavy atom. The lowest BCUT2D eigenvalue weighted by Crippen LogP contribution is -2.21. The largest absolute Gasteiger partial charge is 0.341 e. The summed E-state index contributed by atoms with van der Waals surface area (Å²) >= 11 is 0. The highest BCUT2D eigenvalue weighted by Crippen LogP contribution is 2.29. The number of benzene rings is 1. The number of para-hydroxylation sites is 1. The summed E-state index contributed by atoms with van der Waals surface area (Å²) in [4.78, 5) is 6.71. The van der Waals surface area contributed by atoms with E-state index in [9.17, 15) is 0 Å². The standard InChI is InChI=1S/C17H23N3/c1-3-4-10-20(16-8-6-5-7-9-16)17-11-14(2)19-13-15(17)12-18/h5-9,11,13H,3-4,10,12,18H2,1-2H3. The molecule has 3 heteroatoms. The topological polar surface area (TPSA) is 42.2 Å². The number of pyridine rings is 1. The van der Waals surface area contributed by atoms with Crippen molar-refractivity contribution in [2.24, 2.45) is 5.73 Å². The van der Waals surface area contributed by atoms with E-state index < -0.39 is 0 Å². The molecule has 0 amide bonds. The number of hydrogen-bond donors (Lipinski definition) is 1. The lowest BCUT2D eigenvalue weighted by atomic mass is 10.1. The summed E-state index contributed by atoms with van der Waals surface area (Å²) in [6.45, 7) is 5.74. The molecule has 0 aliphatic rings. The van der Waals surface area contributed by atoms with Gasteiger partial charge in [0.05, 0.1) is 0 Å². The van der Waals surface area contributed by atoms with Gasteiger partial charge in [-0.25, -0.2) is 0 Å². The van der Waals surface area contributed by atoms with E-state index in [4.69, 9.17) is 5.73 Å². The second-order valence-electron chi connectivity index (χ2n) is 5.00. The highest BCUT2D eigenvalue weighted by atomic mass is 15.1. The molecule has 0 fully saturated rings. The molecule has 0 spiro atoms. The van der Waals surface area contributed by atoms with Gasteiger partial charge in [0.25, 0.3) is 0 Å². The SMILES string of the molecule is CCCCN(c1ccccc1)c1cc(C)ncc1CN. The molecule has 0 saturated carbocycles. The second-order valence-corrected chi connectivity index (χ2v) is 5.00. The van der Waals surface area contributed by atoms with E-state index in [1.165, 1.54) is 17.8 Å².